The molecular weight excluding hydrogens is 364 g/mol. The van der Waals surface area contributed by atoms with E-state index < -0.39 is 22.7 Å². The van der Waals surface area contributed by atoms with Crippen LogP contribution in [-0.2, 0) is 14.3 Å². The minimum Gasteiger partial charge on any atom is -0.493 e. The van der Waals surface area contributed by atoms with Crippen LogP contribution in [0.2, 0.25) is 0 Å². The number of hydrogen-bond donors (Lipinski definition) is 0. The molecule has 1 aliphatic rings. The summed E-state index contributed by atoms with van der Waals surface area (Å²) >= 11 is 0. The Morgan fingerprint density at radius 2 is 1.61 bits per heavy atom. The van der Waals surface area contributed by atoms with Gasteiger partial charge in [0.05, 0.1) is 28.4 Å². The Balaban J connectivity index is 2.94. The van der Waals surface area contributed by atoms with Crippen molar-refractivity contribution in [3.8, 4) is 29.4 Å². The van der Waals surface area contributed by atoms with E-state index in [2.05, 4.69) is 0 Å². The highest BCUT2D eigenvalue weighted by atomic mass is 16.5. The maximum atomic E-state index is 12.8. The number of ketones is 1. The first-order chi connectivity index (χ1) is 13.4. The fourth-order valence-corrected chi connectivity index (χ4v) is 3.24. The first-order valence-corrected chi connectivity index (χ1v) is 8.09. The van der Waals surface area contributed by atoms with E-state index in [9.17, 15) is 20.1 Å². The SMILES string of the molecule is COC(=O)C1(C(=C(C#N)C#N)c2cc(OC)c(OC)c(OC)c2)CC=CC1=O. The van der Waals surface area contributed by atoms with Crippen molar-refractivity contribution in [1.82, 2.24) is 0 Å². The maximum absolute atomic E-state index is 12.8. The molecule has 8 heteroatoms. The number of ether oxygens (including phenoxy) is 4. The van der Waals surface area contributed by atoms with Gasteiger partial charge in [0.15, 0.2) is 22.7 Å². The van der Waals surface area contributed by atoms with E-state index >= 15 is 0 Å². The smallest absolute Gasteiger partial charge is 0.324 e. The molecule has 0 N–H and O–H groups in total. The van der Waals surface area contributed by atoms with E-state index in [1.807, 2.05) is 0 Å². The van der Waals surface area contributed by atoms with Crippen LogP contribution in [0.15, 0.2) is 29.9 Å². The highest BCUT2D eigenvalue weighted by molar-refractivity contribution is 6.21. The van der Waals surface area contributed by atoms with E-state index in [0.29, 0.717) is 0 Å². The number of methoxy groups -OCH3 is 4. The fraction of sp³-hybridized carbons (Fsp3) is 0.300. The second-order valence-electron chi connectivity index (χ2n) is 5.76. The third-order valence-electron chi connectivity index (χ3n) is 4.50. The number of esters is 1. The summed E-state index contributed by atoms with van der Waals surface area (Å²) in [6.07, 6.45) is 2.70. The van der Waals surface area contributed by atoms with Gasteiger partial charge in [-0.15, -0.1) is 0 Å². The number of nitriles is 2. The molecule has 8 nitrogen and oxygen atoms in total. The Hall–Kier alpha value is -3.78. The summed E-state index contributed by atoms with van der Waals surface area (Å²) in [4.78, 5) is 25.5. The second-order valence-corrected chi connectivity index (χ2v) is 5.76. The average Bonchev–Trinajstić information content (AvgIpc) is 3.11. The minimum atomic E-state index is -1.85. The van der Waals surface area contributed by atoms with E-state index in [0.717, 1.165) is 7.11 Å². The van der Waals surface area contributed by atoms with E-state index in [-0.39, 0.29) is 34.8 Å². The van der Waals surface area contributed by atoms with Gasteiger partial charge in [-0.25, -0.2) is 0 Å². The molecule has 0 aromatic heterocycles. The second kappa shape index (κ2) is 8.28. The van der Waals surface area contributed by atoms with Crippen molar-refractivity contribution in [3.63, 3.8) is 0 Å². The summed E-state index contributed by atoms with van der Waals surface area (Å²) in [5.74, 6) is -0.682. The van der Waals surface area contributed by atoms with Crippen molar-refractivity contribution < 1.29 is 28.5 Å². The van der Waals surface area contributed by atoms with Crippen LogP contribution in [0.5, 0.6) is 17.2 Å². The molecule has 0 aliphatic heterocycles. The quantitative estimate of drug-likeness (QED) is 0.417. The zero-order valence-electron chi connectivity index (χ0n) is 15.9. The van der Waals surface area contributed by atoms with Crippen LogP contribution in [-0.4, -0.2) is 40.2 Å². The van der Waals surface area contributed by atoms with Gasteiger partial charge in [-0.1, -0.05) is 6.08 Å². The predicted molar refractivity (Wildman–Crippen MR) is 97.5 cm³/mol. The van der Waals surface area contributed by atoms with Gasteiger partial charge in [0.1, 0.15) is 17.7 Å². The largest absolute Gasteiger partial charge is 0.493 e. The number of allylic oxidation sites excluding steroid dienone is 3. The third-order valence-corrected chi connectivity index (χ3v) is 4.50. The van der Waals surface area contributed by atoms with Crippen molar-refractivity contribution in [3.05, 3.63) is 35.4 Å². The molecule has 0 heterocycles. The maximum Gasteiger partial charge on any atom is 0.324 e. The molecule has 2 rings (SSSR count). The Kier molecular flexibility index (Phi) is 6.07. The lowest BCUT2D eigenvalue weighted by Crippen LogP contribution is -2.38. The van der Waals surface area contributed by atoms with Crippen molar-refractivity contribution in [2.75, 3.05) is 28.4 Å². The molecule has 0 saturated carbocycles. The van der Waals surface area contributed by atoms with E-state index in [4.69, 9.17) is 18.9 Å². The molecule has 1 aromatic rings. The van der Waals surface area contributed by atoms with Crippen LogP contribution in [0.3, 0.4) is 0 Å². The number of hydrogen-bond acceptors (Lipinski definition) is 8. The number of nitrogens with zero attached hydrogens (tertiary/aromatic N) is 2. The Morgan fingerprint density at radius 3 is 1.96 bits per heavy atom. The molecule has 144 valence electrons. The van der Waals surface area contributed by atoms with E-state index in [1.54, 1.807) is 12.1 Å². The van der Waals surface area contributed by atoms with E-state index in [1.165, 1.54) is 45.6 Å². The van der Waals surface area contributed by atoms with Gasteiger partial charge in [0, 0.05) is 5.57 Å². The van der Waals surface area contributed by atoms with Crippen molar-refractivity contribution in [1.29, 1.82) is 10.5 Å². The average molecular weight is 382 g/mol. The summed E-state index contributed by atoms with van der Waals surface area (Å²) in [6.45, 7) is 0. The monoisotopic (exact) mass is 382 g/mol. The van der Waals surface area contributed by atoms with Gasteiger partial charge in [-0.05, 0) is 30.2 Å². The molecule has 1 unspecified atom stereocenters. The lowest BCUT2D eigenvalue weighted by atomic mass is 9.72. The molecule has 0 amide bonds. The fourth-order valence-electron chi connectivity index (χ4n) is 3.24. The van der Waals surface area contributed by atoms with Crippen LogP contribution >= 0.6 is 0 Å². The number of carbonyl (C=O) groups is 2. The van der Waals surface area contributed by atoms with Gasteiger partial charge in [0.25, 0.3) is 0 Å². The van der Waals surface area contributed by atoms with Gasteiger partial charge in [-0.3, -0.25) is 9.59 Å². The van der Waals surface area contributed by atoms with Gasteiger partial charge in [-0.2, -0.15) is 10.5 Å². The molecule has 1 aliphatic carbocycles. The zero-order valence-corrected chi connectivity index (χ0v) is 15.9. The van der Waals surface area contributed by atoms with Crippen LogP contribution in [0.4, 0.5) is 0 Å². The first-order valence-electron chi connectivity index (χ1n) is 8.09. The lowest BCUT2D eigenvalue weighted by molar-refractivity contribution is -0.151. The molecular formula is C20H18N2O6. The Morgan fingerprint density at radius 1 is 1.04 bits per heavy atom. The highest BCUT2D eigenvalue weighted by Crippen LogP contribution is 2.49. The Bertz CT molecular complexity index is 923. The van der Waals surface area contributed by atoms with Crippen molar-refractivity contribution in [2.24, 2.45) is 5.41 Å². The summed E-state index contributed by atoms with van der Waals surface area (Å²) in [7, 11) is 5.37. The molecule has 1 atom stereocenters. The molecule has 28 heavy (non-hydrogen) atoms. The minimum absolute atomic E-state index is 0.0443. The highest BCUT2D eigenvalue weighted by Gasteiger charge is 2.52. The first kappa shape index (κ1) is 20.5. The van der Waals surface area contributed by atoms with Gasteiger partial charge >= 0.3 is 5.97 Å². The third kappa shape index (κ3) is 3.06. The predicted octanol–water partition coefficient (Wildman–Crippen LogP) is 2.20. The molecule has 0 bridgehead atoms. The van der Waals surface area contributed by atoms with Crippen LogP contribution in [0, 0.1) is 28.1 Å². The molecule has 1 aromatic carbocycles. The molecule has 0 saturated heterocycles. The standard InChI is InChI=1S/C20H18N2O6/c1-25-14-8-12(9-15(26-2)18(14)27-3)17(13(10-21)11-22)20(19(24)28-4)7-5-6-16(20)23/h5-6,8-9H,7H2,1-4H3. The summed E-state index contributed by atoms with van der Waals surface area (Å²) in [5, 5.41) is 19.1. The number of rotatable bonds is 6. The molecule has 0 spiro atoms. The number of benzene rings is 1. The van der Waals surface area contributed by atoms with Gasteiger partial charge < -0.3 is 18.9 Å². The normalized spacial score (nSPS) is 17.3. The molecule has 0 fully saturated rings. The molecule has 0 radical (unpaired) electrons. The van der Waals surface area contributed by atoms with Crippen LogP contribution < -0.4 is 14.2 Å². The lowest BCUT2D eigenvalue weighted by Gasteiger charge is -2.28. The number of carbonyl (C=O) groups excluding carboxylic acids is 2. The zero-order chi connectivity index (χ0) is 20.9. The summed E-state index contributed by atoms with van der Waals surface area (Å²) < 4.78 is 20.8. The summed E-state index contributed by atoms with van der Waals surface area (Å²) in [5.41, 5.74) is -2.08. The van der Waals surface area contributed by atoms with Crippen LogP contribution in [0.1, 0.15) is 12.0 Å². The van der Waals surface area contributed by atoms with Crippen LogP contribution in [0.25, 0.3) is 5.57 Å². The van der Waals surface area contributed by atoms with Crippen molar-refractivity contribution in [2.45, 2.75) is 6.42 Å². The topological polar surface area (TPSA) is 119 Å². The summed E-state index contributed by atoms with van der Waals surface area (Å²) in [6, 6.07) is 6.49. The Labute approximate surface area is 162 Å². The van der Waals surface area contributed by atoms with Gasteiger partial charge in [0.2, 0.25) is 5.75 Å². The van der Waals surface area contributed by atoms with Crippen molar-refractivity contribution >= 4 is 17.3 Å².